The Bertz CT molecular complexity index is 1510. The molecule has 0 aliphatic heterocycles. The number of amides is 2. The van der Waals surface area contributed by atoms with Crippen molar-refractivity contribution >= 4 is 39.1 Å². The second-order valence-electron chi connectivity index (χ2n) is 10.6. The standard InChI is InChI=1S/C32H40ClN3O6S/c1-7-28(32(38)34-19-22(2)3)35(20-24-9-8-10-26(17-24)41-5)31(37)21-36(29-18-25(33)13-16-30(29)42-6)43(39,40)27-14-11-23(4)12-15-27/h8-18,22,28H,7,19-21H2,1-6H3,(H,34,38). The van der Waals surface area contributed by atoms with E-state index in [9.17, 15) is 18.0 Å². The highest BCUT2D eigenvalue weighted by Crippen LogP contribution is 2.35. The molecular formula is C32H40ClN3O6S. The second-order valence-corrected chi connectivity index (χ2v) is 12.9. The predicted molar refractivity (Wildman–Crippen MR) is 169 cm³/mol. The Labute approximate surface area is 259 Å². The van der Waals surface area contributed by atoms with Gasteiger partial charge in [-0.3, -0.25) is 13.9 Å². The Morgan fingerprint density at radius 2 is 1.67 bits per heavy atom. The van der Waals surface area contributed by atoms with Crippen LogP contribution in [0.25, 0.3) is 0 Å². The van der Waals surface area contributed by atoms with E-state index in [0.717, 1.165) is 15.4 Å². The van der Waals surface area contributed by atoms with Crippen LogP contribution in [0.15, 0.2) is 71.6 Å². The smallest absolute Gasteiger partial charge is 0.264 e. The van der Waals surface area contributed by atoms with E-state index in [1.54, 1.807) is 49.6 Å². The molecule has 3 aromatic carbocycles. The van der Waals surface area contributed by atoms with Gasteiger partial charge in [-0.1, -0.05) is 62.2 Å². The fraction of sp³-hybridized carbons (Fsp3) is 0.375. The maximum Gasteiger partial charge on any atom is 0.264 e. The first-order valence-corrected chi connectivity index (χ1v) is 15.9. The number of nitrogens with zero attached hydrogens (tertiary/aromatic N) is 2. The minimum atomic E-state index is -4.28. The Morgan fingerprint density at radius 3 is 2.28 bits per heavy atom. The van der Waals surface area contributed by atoms with Crippen LogP contribution >= 0.6 is 11.6 Å². The highest BCUT2D eigenvalue weighted by molar-refractivity contribution is 7.92. The molecule has 9 nitrogen and oxygen atoms in total. The van der Waals surface area contributed by atoms with E-state index in [4.69, 9.17) is 21.1 Å². The highest BCUT2D eigenvalue weighted by Gasteiger charge is 2.35. The predicted octanol–water partition coefficient (Wildman–Crippen LogP) is 5.44. The maximum absolute atomic E-state index is 14.3. The topological polar surface area (TPSA) is 105 Å². The fourth-order valence-corrected chi connectivity index (χ4v) is 6.10. The Balaban J connectivity index is 2.12. The molecule has 11 heteroatoms. The van der Waals surface area contributed by atoms with Crippen LogP contribution in [0, 0.1) is 12.8 Å². The lowest BCUT2D eigenvalue weighted by molar-refractivity contribution is -0.140. The number of carbonyl (C=O) groups excluding carboxylic acids is 2. The summed E-state index contributed by atoms with van der Waals surface area (Å²) in [5.74, 6) is 0.116. The zero-order chi connectivity index (χ0) is 31.7. The lowest BCUT2D eigenvalue weighted by atomic mass is 10.1. The van der Waals surface area contributed by atoms with Crippen molar-refractivity contribution in [3.8, 4) is 11.5 Å². The quantitative estimate of drug-likeness (QED) is 0.255. The van der Waals surface area contributed by atoms with Gasteiger partial charge in [0.1, 0.15) is 24.1 Å². The molecular weight excluding hydrogens is 590 g/mol. The molecule has 3 rings (SSSR count). The van der Waals surface area contributed by atoms with Gasteiger partial charge in [-0.15, -0.1) is 0 Å². The molecule has 0 radical (unpaired) electrons. The Kier molecular flexibility index (Phi) is 11.9. The molecule has 1 N–H and O–H groups in total. The number of hydrogen-bond acceptors (Lipinski definition) is 6. The second kappa shape index (κ2) is 15.1. The monoisotopic (exact) mass is 629 g/mol. The molecule has 0 spiro atoms. The number of hydrogen-bond donors (Lipinski definition) is 1. The number of anilines is 1. The van der Waals surface area contributed by atoms with Gasteiger partial charge in [0.2, 0.25) is 11.8 Å². The summed E-state index contributed by atoms with van der Waals surface area (Å²) in [6.07, 6.45) is 0.310. The van der Waals surface area contributed by atoms with Gasteiger partial charge in [0.15, 0.2) is 0 Å². The third-order valence-electron chi connectivity index (χ3n) is 6.85. The fourth-order valence-electron chi connectivity index (χ4n) is 4.52. The third kappa shape index (κ3) is 8.64. The van der Waals surface area contributed by atoms with Gasteiger partial charge >= 0.3 is 0 Å². The van der Waals surface area contributed by atoms with Crippen LogP contribution < -0.4 is 19.1 Å². The first-order chi connectivity index (χ1) is 20.4. The molecule has 1 unspecified atom stereocenters. The number of benzene rings is 3. The van der Waals surface area contributed by atoms with Gasteiger partial charge < -0.3 is 19.7 Å². The van der Waals surface area contributed by atoms with Crippen LogP contribution in [0.1, 0.15) is 38.3 Å². The lowest BCUT2D eigenvalue weighted by Crippen LogP contribution is -2.52. The first kappa shape index (κ1) is 33.7. The first-order valence-electron chi connectivity index (χ1n) is 14.0. The molecule has 3 aromatic rings. The van der Waals surface area contributed by atoms with E-state index in [2.05, 4.69) is 5.32 Å². The van der Waals surface area contributed by atoms with Crippen molar-refractivity contribution in [2.45, 2.75) is 51.6 Å². The van der Waals surface area contributed by atoms with Gasteiger partial charge in [0.25, 0.3) is 10.0 Å². The minimum absolute atomic E-state index is 0.00556. The summed E-state index contributed by atoms with van der Waals surface area (Å²) >= 11 is 6.31. The van der Waals surface area contributed by atoms with Crippen LogP contribution in [0.2, 0.25) is 5.02 Å². The van der Waals surface area contributed by atoms with Crippen LogP contribution in [-0.2, 0) is 26.2 Å². The summed E-state index contributed by atoms with van der Waals surface area (Å²) in [6.45, 7) is 7.50. The molecule has 0 aliphatic rings. The summed E-state index contributed by atoms with van der Waals surface area (Å²) in [6, 6.07) is 17.2. The van der Waals surface area contributed by atoms with E-state index in [1.807, 2.05) is 33.8 Å². The van der Waals surface area contributed by atoms with Gasteiger partial charge in [-0.25, -0.2) is 8.42 Å². The molecule has 232 valence electrons. The highest BCUT2D eigenvalue weighted by atomic mass is 35.5. The molecule has 0 aliphatic carbocycles. The number of halogens is 1. The van der Waals surface area contributed by atoms with E-state index in [0.29, 0.717) is 18.7 Å². The summed E-state index contributed by atoms with van der Waals surface area (Å²) in [4.78, 5) is 29.1. The number of ether oxygens (including phenoxy) is 2. The number of rotatable bonds is 14. The number of aryl methyl sites for hydroxylation is 1. The molecule has 0 fully saturated rings. The van der Waals surface area contributed by atoms with Crippen LogP contribution in [0.3, 0.4) is 0 Å². The number of methoxy groups -OCH3 is 2. The summed E-state index contributed by atoms with van der Waals surface area (Å²) in [5, 5.41) is 3.19. The van der Waals surface area contributed by atoms with Crippen LogP contribution in [0.4, 0.5) is 5.69 Å². The number of carbonyl (C=O) groups is 2. The van der Waals surface area contributed by atoms with E-state index in [1.165, 1.54) is 30.2 Å². The van der Waals surface area contributed by atoms with Gasteiger partial charge in [-0.05, 0) is 67.3 Å². The van der Waals surface area contributed by atoms with Crippen LogP contribution in [-0.4, -0.2) is 58.5 Å². The third-order valence-corrected chi connectivity index (χ3v) is 8.86. The summed E-state index contributed by atoms with van der Waals surface area (Å²) in [7, 11) is -1.33. The van der Waals surface area contributed by atoms with Crippen molar-refractivity contribution in [2.24, 2.45) is 5.92 Å². The van der Waals surface area contributed by atoms with Gasteiger partial charge in [0.05, 0.1) is 24.8 Å². The van der Waals surface area contributed by atoms with Crippen LogP contribution in [0.5, 0.6) is 11.5 Å². The van der Waals surface area contributed by atoms with Gasteiger partial charge in [0, 0.05) is 18.1 Å². The molecule has 2 amide bonds. The van der Waals surface area contributed by atoms with E-state index < -0.39 is 28.5 Å². The number of sulfonamides is 1. The molecule has 0 bridgehead atoms. The van der Waals surface area contributed by atoms with E-state index >= 15 is 0 Å². The summed E-state index contributed by atoms with van der Waals surface area (Å²) < 4.78 is 40.1. The number of nitrogens with one attached hydrogen (secondary N) is 1. The van der Waals surface area contributed by atoms with Crippen molar-refractivity contribution in [2.75, 3.05) is 31.6 Å². The largest absolute Gasteiger partial charge is 0.497 e. The molecule has 1 atom stereocenters. The van der Waals surface area contributed by atoms with Crippen molar-refractivity contribution in [1.29, 1.82) is 0 Å². The molecule has 0 saturated heterocycles. The zero-order valence-corrected chi connectivity index (χ0v) is 27.0. The summed E-state index contributed by atoms with van der Waals surface area (Å²) in [5.41, 5.74) is 1.70. The molecule has 0 aromatic heterocycles. The minimum Gasteiger partial charge on any atom is -0.497 e. The maximum atomic E-state index is 14.3. The van der Waals surface area contributed by atoms with Crippen molar-refractivity contribution < 1.29 is 27.5 Å². The van der Waals surface area contributed by atoms with Crippen molar-refractivity contribution in [3.63, 3.8) is 0 Å². The molecule has 43 heavy (non-hydrogen) atoms. The van der Waals surface area contributed by atoms with Gasteiger partial charge in [-0.2, -0.15) is 0 Å². The average Bonchev–Trinajstić information content (AvgIpc) is 2.98. The normalized spacial score (nSPS) is 12.0. The zero-order valence-electron chi connectivity index (χ0n) is 25.5. The Morgan fingerprint density at radius 1 is 0.977 bits per heavy atom. The van der Waals surface area contributed by atoms with Crippen molar-refractivity contribution in [1.82, 2.24) is 10.2 Å². The average molecular weight is 630 g/mol. The van der Waals surface area contributed by atoms with Crippen molar-refractivity contribution in [3.05, 3.63) is 82.9 Å². The lowest BCUT2D eigenvalue weighted by Gasteiger charge is -2.33. The molecule has 0 heterocycles. The van der Waals surface area contributed by atoms with E-state index in [-0.39, 0.29) is 39.7 Å². The molecule has 0 saturated carbocycles. The Hall–Kier alpha value is -3.76. The SMILES string of the molecule is CCC(C(=O)NCC(C)C)N(Cc1cccc(OC)c1)C(=O)CN(c1cc(Cl)ccc1OC)S(=O)(=O)c1ccc(C)cc1.